The van der Waals surface area contributed by atoms with E-state index in [9.17, 15) is 43.5 Å². The fourth-order valence-electron chi connectivity index (χ4n) is 3.64. The molecule has 16 heteroatoms. The third kappa shape index (κ3) is 11.3. The summed E-state index contributed by atoms with van der Waals surface area (Å²) >= 11 is 0. The van der Waals surface area contributed by atoms with Gasteiger partial charge in [-0.05, 0) is 31.0 Å². The summed E-state index contributed by atoms with van der Waals surface area (Å²) in [7, 11) is 0. The summed E-state index contributed by atoms with van der Waals surface area (Å²) in [5.41, 5.74) is 0.947. The van der Waals surface area contributed by atoms with E-state index >= 15 is 0 Å². The molecule has 0 fully saturated rings. The number of aliphatic hydroxyl groups is 1. The van der Waals surface area contributed by atoms with Crippen molar-refractivity contribution >= 4 is 53.1 Å². The summed E-state index contributed by atoms with van der Waals surface area (Å²) in [5, 5.41) is 28.2. The van der Waals surface area contributed by atoms with Crippen LogP contribution in [0.4, 0.5) is 5.69 Å². The van der Waals surface area contributed by atoms with Crippen molar-refractivity contribution in [2.24, 2.45) is 0 Å². The van der Waals surface area contributed by atoms with E-state index < -0.39 is 78.5 Å². The molecule has 0 spiro atoms. The monoisotopic (exact) mass is 603 g/mol. The van der Waals surface area contributed by atoms with Crippen molar-refractivity contribution in [2.45, 2.75) is 57.8 Å². The Morgan fingerprint density at radius 1 is 0.860 bits per heavy atom. The van der Waals surface area contributed by atoms with Crippen LogP contribution in [0.15, 0.2) is 36.4 Å². The van der Waals surface area contributed by atoms with Gasteiger partial charge in [-0.1, -0.05) is 12.1 Å². The highest BCUT2D eigenvalue weighted by Gasteiger charge is 2.29. The Kier molecular flexibility index (Phi) is 13.0. The zero-order valence-electron chi connectivity index (χ0n) is 23.5. The largest absolute Gasteiger partial charge is 0.481 e. The zero-order valence-corrected chi connectivity index (χ0v) is 23.5. The molecule has 1 aliphatic rings. The number of rotatable bonds is 16. The summed E-state index contributed by atoms with van der Waals surface area (Å²) in [6, 6.07) is 2.09. The Morgan fingerprint density at radius 3 is 2.02 bits per heavy atom. The Balaban J connectivity index is 1.95. The van der Waals surface area contributed by atoms with Crippen LogP contribution in [0.5, 0.6) is 0 Å². The molecule has 232 valence electrons. The van der Waals surface area contributed by atoms with Crippen LogP contribution in [0, 0.1) is 0 Å². The molecule has 0 aliphatic carbocycles. The minimum Gasteiger partial charge on any atom is -0.481 e. The summed E-state index contributed by atoms with van der Waals surface area (Å²) < 4.78 is 4.89. The van der Waals surface area contributed by atoms with Gasteiger partial charge in [0.25, 0.3) is 11.8 Å². The number of nitrogens with one attached hydrogen (secondary N) is 4. The predicted molar refractivity (Wildman–Crippen MR) is 146 cm³/mol. The predicted octanol–water partition coefficient (Wildman–Crippen LogP) is -1.67. The van der Waals surface area contributed by atoms with Gasteiger partial charge in [-0.25, -0.2) is 0 Å². The molecule has 1 aromatic carbocycles. The Labute approximate surface area is 245 Å². The van der Waals surface area contributed by atoms with Crippen LogP contribution >= 0.6 is 0 Å². The zero-order chi connectivity index (χ0) is 32.1. The second kappa shape index (κ2) is 16.4. The van der Waals surface area contributed by atoms with Crippen LogP contribution in [0.1, 0.15) is 38.7 Å². The van der Waals surface area contributed by atoms with Gasteiger partial charge >= 0.3 is 11.9 Å². The van der Waals surface area contributed by atoms with E-state index in [1.54, 1.807) is 12.1 Å². The first kappa shape index (κ1) is 34.1. The first-order valence-electron chi connectivity index (χ1n) is 13.1. The van der Waals surface area contributed by atoms with E-state index in [2.05, 4.69) is 21.3 Å². The van der Waals surface area contributed by atoms with Gasteiger partial charge in [0.15, 0.2) is 0 Å². The van der Waals surface area contributed by atoms with Crippen LogP contribution < -0.4 is 21.3 Å². The maximum atomic E-state index is 12.9. The molecule has 6 N–H and O–H groups in total. The van der Waals surface area contributed by atoms with Gasteiger partial charge in [-0.3, -0.25) is 43.3 Å². The molecule has 1 aliphatic heterocycles. The van der Waals surface area contributed by atoms with E-state index in [1.165, 1.54) is 26.0 Å². The smallest absolute Gasteiger partial charge is 0.303 e. The second-order valence-electron chi connectivity index (χ2n) is 9.40. The summed E-state index contributed by atoms with van der Waals surface area (Å²) in [6.07, 6.45) is 1.06. The number of esters is 1. The molecule has 6 amide bonds. The molecule has 0 saturated carbocycles. The first-order chi connectivity index (χ1) is 20.3. The van der Waals surface area contributed by atoms with Gasteiger partial charge in [0.05, 0.1) is 6.61 Å². The fourth-order valence-corrected chi connectivity index (χ4v) is 3.64. The minimum atomic E-state index is -1.56. The van der Waals surface area contributed by atoms with Gasteiger partial charge in [-0.15, -0.1) is 0 Å². The van der Waals surface area contributed by atoms with E-state index in [0.29, 0.717) is 11.3 Å². The summed E-state index contributed by atoms with van der Waals surface area (Å²) in [5.74, 6) is -6.11. The highest BCUT2D eigenvalue weighted by Crippen LogP contribution is 2.12. The number of aliphatic carboxylic acids is 1. The van der Waals surface area contributed by atoms with Crippen LogP contribution in [0.3, 0.4) is 0 Å². The highest BCUT2D eigenvalue weighted by molar-refractivity contribution is 6.13. The standard InChI is InChI=1S/C27H33N5O11/c1-15(28-21(35)11-12-32-22(36)8-9-23(32)37)25(40)31-20(13-33)27(42)30-19(7-10-24(38)39)26(41)29-18-5-3-17(4-6-18)14-43-16(2)34/h3-6,8-9,15,19-20,33H,7,10-14H2,1-2H3,(H,28,35)(H,29,41)(H,30,42)(H,31,40)(H,38,39)/t15-,19+,20+/m1/s1. The number of amides is 6. The third-order valence-corrected chi connectivity index (χ3v) is 5.99. The molecule has 0 radical (unpaired) electrons. The number of nitrogens with zero attached hydrogens (tertiary/aromatic N) is 1. The number of ether oxygens (including phenoxy) is 1. The van der Waals surface area contributed by atoms with Crippen molar-refractivity contribution in [3.05, 3.63) is 42.0 Å². The van der Waals surface area contributed by atoms with Crippen LogP contribution in [-0.2, 0) is 49.7 Å². The number of hydrogen-bond donors (Lipinski definition) is 6. The molecule has 0 saturated heterocycles. The van der Waals surface area contributed by atoms with Gasteiger partial charge < -0.3 is 36.2 Å². The number of carbonyl (C=O) groups is 8. The lowest BCUT2D eigenvalue weighted by Crippen LogP contribution is -2.57. The van der Waals surface area contributed by atoms with Gasteiger partial charge in [-0.2, -0.15) is 0 Å². The number of imide groups is 1. The van der Waals surface area contributed by atoms with Crippen molar-refractivity contribution in [3.8, 4) is 0 Å². The average Bonchev–Trinajstić information content (AvgIpc) is 3.28. The topological polar surface area (TPSA) is 238 Å². The molecule has 16 nitrogen and oxygen atoms in total. The molecule has 1 heterocycles. The number of carboxylic acids is 1. The molecule has 0 aromatic heterocycles. The maximum Gasteiger partial charge on any atom is 0.303 e. The number of carboxylic acid groups (broad SMARTS) is 1. The molecule has 43 heavy (non-hydrogen) atoms. The highest BCUT2D eigenvalue weighted by atomic mass is 16.5. The molecule has 0 bridgehead atoms. The normalized spacial score (nSPS) is 14.3. The van der Waals surface area contributed by atoms with Gasteiger partial charge in [0.1, 0.15) is 24.7 Å². The van der Waals surface area contributed by atoms with Gasteiger partial charge in [0.2, 0.25) is 23.6 Å². The number of anilines is 1. The van der Waals surface area contributed by atoms with E-state index in [4.69, 9.17) is 9.84 Å². The lowest BCUT2D eigenvalue weighted by molar-refractivity contribution is -0.142. The van der Waals surface area contributed by atoms with Crippen LogP contribution in [0.2, 0.25) is 0 Å². The minimum absolute atomic E-state index is 0.0236. The van der Waals surface area contributed by atoms with Crippen molar-refractivity contribution < 1.29 is 53.3 Å². The summed E-state index contributed by atoms with van der Waals surface area (Å²) in [6.45, 7) is 1.49. The molecular weight excluding hydrogens is 570 g/mol. The average molecular weight is 604 g/mol. The molecule has 0 unspecified atom stereocenters. The van der Waals surface area contributed by atoms with E-state index in [-0.39, 0.29) is 26.0 Å². The Bertz CT molecular complexity index is 1260. The third-order valence-electron chi connectivity index (χ3n) is 5.99. The fraction of sp³-hybridized carbons (Fsp3) is 0.407. The SMILES string of the molecule is CC(=O)OCc1ccc(NC(=O)[C@H](CCC(=O)O)NC(=O)[C@H](CO)NC(=O)[C@@H](C)NC(=O)CCN2C(=O)C=CC2=O)cc1. The Hall–Kier alpha value is -5.12. The summed E-state index contributed by atoms with van der Waals surface area (Å²) in [4.78, 5) is 96.6. The van der Waals surface area contributed by atoms with Gasteiger partial charge in [0, 0.05) is 44.1 Å². The van der Waals surface area contributed by atoms with E-state index in [1.807, 2.05) is 0 Å². The molecule has 2 rings (SSSR count). The first-order valence-corrected chi connectivity index (χ1v) is 13.1. The number of benzene rings is 1. The number of hydrogen-bond acceptors (Lipinski definition) is 10. The molecule has 3 atom stereocenters. The lowest BCUT2D eigenvalue weighted by Gasteiger charge is -2.23. The lowest BCUT2D eigenvalue weighted by atomic mass is 10.1. The maximum absolute atomic E-state index is 12.9. The van der Waals surface area contributed by atoms with Crippen molar-refractivity contribution in [2.75, 3.05) is 18.5 Å². The molecular formula is C27H33N5O11. The van der Waals surface area contributed by atoms with Crippen molar-refractivity contribution in [1.29, 1.82) is 0 Å². The van der Waals surface area contributed by atoms with Crippen molar-refractivity contribution in [3.63, 3.8) is 0 Å². The number of aliphatic hydroxyl groups excluding tert-OH is 1. The van der Waals surface area contributed by atoms with Crippen LogP contribution in [0.25, 0.3) is 0 Å². The molecule has 1 aromatic rings. The van der Waals surface area contributed by atoms with E-state index in [0.717, 1.165) is 17.1 Å². The number of carbonyl (C=O) groups excluding carboxylic acids is 7. The second-order valence-corrected chi connectivity index (χ2v) is 9.40. The van der Waals surface area contributed by atoms with Crippen molar-refractivity contribution in [1.82, 2.24) is 20.9 Å². The quantitative estimate of drug-likeness (QED) is 0.0923. The Morgan fingerprint density at radius 2 is 1.47 bits per heavy atom. The van der Waals surface area contributed by atoms with Crippen LogP contribution in [-0.4, -0.2) is 93.8 Å².